The minimum Gasteiger partial charge on any atom is -0.479 e. The first-order chi connectivity index (χ1) is 10.2. The van der Waals surface area contributed by atoms with Gasteiger partial charge in [0, 0.05) is 13.0 Å². The fraction of sp³-hybridized carbons (Fsp3) is 0.231. The second-order valence-corrected chi connectivity index (χ2v) is 4.17. The predicted molar refractivity (Wildman–Crippen MR) is 71.4 cm³/mol. The molecule has 0 spiro atoms. The third-order valence-corrected chi connectivity index (χ3v) is 2.69. The number of carbonyl (C=O) groups is 2. The Morgan fingerprint density at radius 1 is 1.29 bits per heavy atom. The Kier molecular flexibility index (Phi) is 4.86. The van der Waals surface area contributed by atoms with Gasteiger partial charge in [0.2, 0.25) is 5.89 Å². The number of benzene rings is 1. The maximum absolute atomic E-state index is 11.7. The summed E-state index contributed by atoms with van der Waals surface area (Å²) >= 11 is 0. The molecule has 0 saturated heterocycles. The molecular formula is C13H14N4O4. The van der Waals surface area contributed by atoms with E-state index in [9.17, 15) is 14.7 Å². The smallest absolute Gasteiger partial charge is 0.330 e. The molecule has 0 bridgehead atoms. The number of rotatable bonds is 6. The molecule has 0 aliphatic rings. The highest BCUT2D eigenvalue weighted by Crippen LogP contribution is 2.12. The molecule has 2 amide bonds. The molecule has 1 aromatic heterocycles. The van der Waals surface area contributed by atoms with Crippen molar-refractivity contribution in [2.24, 2.45) is 0 Å². The van der Waals surface area contributed by atoms with Crippen molar-refractivity contribution in [1.29, 1.82) is 0 Å². The van der Waals surface area contributed by atoms with Gasteiger partial charge in [-0.15, -0.1) is 0 Å². The summed E-state index contributed by atoms with van der Waals surface area (Å²) in [5.74, 6) is -0.735. The van der Waals surface area contributed by atoms with Crippen molar-refractivity contribution < 1.29 is 19.2 Å². The fourth-order valence-corrected chi connectivity index (χ4v) is 1.70. The summed E-state index contributed by atoms with van der Waals surface area (Å²) in [5.41, 5.74) is 0.497. The normalized spacial score (nSPS) is 11.6. The van der Waals surface area contributed by atoms with Crippen LogP contribution in [0.15, 0.2) is 41.2 Å². The Balaban J connectivity index is 1.85. The first-order valence-electron chi connectivity index (χ1n) is 6.24. The summed E-state index contributed by atoms with van der Waals surface area (Å²) in [6.07, 6.45) is 1.64. The minimum absolute atomic E-state index is 0.259. The van der Waals surface area contributed by atoms with E-state index in [4.69, 9.17) is 4.52 Å². The largest absolute Gasteiger partial charge is 0.479 e. The van der Waals surface area contributed by atoms with Gasteiger partial charge in [-0.05, 0) is 5.56 Å². The zero-order valence-electron chi connectivity index (χ0n) is 11.0. The van der Waals surface area contributed by atoms with E-state index >= 15 is 0 Å². The molecule has 0 aliphatic heterocycles. The molecule has 0 radical (unpaired) electrons. The molecule has 8 heteroatoms. The lowest BCUT2D eigenvalue weighted by Gasteiger charge is -2.15. The molecule has 0 saturated carbocycles. The number of nitrogens with one attached hydrogen (secondary N) is 2. The molecule has 1 heterocycles. The highest BCUT2D eigenvalue weighted by atomic mass is 16.5. The Morgan fingerprint density at radius 2 is 2.05 bits per heavy atom. The maximum Gasteiger partial charge on any atom is 0.330 e. The van der Waals surface area contributed by atoms with Crippen LogP contribution in [-0.4, -0.2) is 33.8 Å². The van der Waals surface area contributed by atoms with Crippen LogP contribution in [0, 0.1) is 0 Å². The van der Waals surface area contributed by atoms with Crippen LogP contribution in [0.2, 0.25) is 0 Å². The van der Waals surface area contributed by atoms with Gasteiger partial charge in [-0.1, -0.05) is 35.5 Å². The first-order valence-corrected chi connectivity index (χ1v) is 6.24. The maximum atomic E-state index is 11.7. The van der Waals surface area contributed by atoms with Crippen LogP contribution >= 0.6 is 0 Å². The number of hydrogen-bond donors (Lipinski definition) is 3. The summed E-state index contributed by atoms with van der Waals surface area (Å²) in [6.45, 7) is 0.259. The number of hydrogen-bond acceptors (Lipinski definition) is 5. The van der Waals surface area contributed by atoms with Gasteiger partial charge in [0.05, 0.1) is 0 Å². The standard InChI is InChI=1S/C13H14N4O4/c18-12(19)11(9-4-2-1-3-5-9)17-13(20)14-7-6-10-15-8-16-21-10/h1-5,8,11H,6-7H2,(H,18,19)(H2,14,17,20)/t11-/m1/s1. The van der Waals surface area contributed by atoms with Crippen molar-refractivity contribution in [2.45, 2.75) is 12.5 Å². The molecular weight excluding hydrogens is 276 g/mol. The molecule has 3 N–H and O–H groups in total. The second-order valence-electron chi connectivity index (χ2n) is 4.17. The monoisotopic (exact) mass is 290 g/mol. The van der Waals surface area contributed by atoms with Crippen molar-refractivity contribution in [3.05, 3.63) is 48.1 Å². The minimum atomic E-state index is -1.13. The number of carbonyl (C=O) groups excluding carboxylic acids is 1. The summed E-state index contributed by atoms with van der Waals surface area (Å²) in [4.78, 5) is 26.7. The quantitative estimate of drug-likeness (QED) is 0.722. The average Bonchev–Trinajstić information content (AvgIpc) is 2.98. The van der Waals surface area contributed by atoms with Crippen molar-refractivity contribution in [2.75, 3.05) is 6.54 Å². The topological polar surface area (TPSA) is 117 Å². The van der Waals surface area contributed by atoms with Crippen LogP contribution in [0.5, 0.6) is 0 Å². The van der Waals surface area contributed by atoms with Gasteiger partial charge >= 0.3 is 12.0 Å². The van der Waals surface area contributed by atoms with Gasteiger partial charge in [0.1, 0.15) is 0 Å². The summed E-state index contributed by atoms with van der Waals surface area (Å²) < 4.78 is 4.78. The van der Waals surface area contributed by atoms with Crippen LogP contribution < -0.4 is 10.6 Å². The second kappa shape index (κ2) is 7.04. The van der Waals surface area contributed by atoms with Crippen LogP contribution in [0.4, 0.5) is 4.79 Å². The van der Waals surface area contributed by atoms with E-state index in [0.29, 0.717) is 17.9 Å². The van der Waals surface area contributed by atoms with Crippen molar-refractivity contribution in [3.63, 3.8) is 0 Å². The number of aliphatic carboxylic acids is 1. The fourth-order valence-electron chi connectivity index (χ4n) is 1.70. The Bertz CT molecular complexity index is 585. The van der Waals surface area contributed by atoms with Crippen molar-refractivity contribution >= 4 is 12.0 Å². The van der Waals surface area contributed by atoms with E-state index in [0.717, 1.165) is 0 Å². The van der Waals surface area contributed by atoms with E-state index in [-0.39, 0.29) is 6.54 Å². The Hall–Kier alpha value is -2.90. The molecule has 8 nitrogen and oxygen atoms in total. The van der Waals surface area contributed by atoms with E-state index in [1.807, 2.05) is 0 Å². The third-order valence-electron chi connectivity index (χ3n) is 2.69. The lowest BCUT2D eigenvalue weighted by Crippen LogP contribution is -2.41. The van der Waals surface area contributed by atoms with E-state index in [1.54, 1.807) is 30.3 Å². The highest BCUT2D eigenvalue weighted by Gasteiger charge is 2.21. The number of urea groups is 1. The number of aromatic nitrogens is 2. The van der Waals surface area contributed by atoms with Crippen LogP contribution in [0.1, 0.15) is 17.5 Å². The zero-order valence-corrected chi connectivity index (χ0v) is 11.0. The predicted octanol–water partition coefficient (Wildman–Crippen LogP) is 0.737. The molecule has 1 atom stereocenters. The van der Waals surface area contributed by atoms with Gasteiger partial charge in [-0.3, -0.25) is 0 Å². The van der Waals surface area contributed by atoms with Gasteiger partial charge in [0.25, 0.3) is 0 Å². The summed E-state index contributed by atoms with van der Waals surface area (Å²) in [5, 5.41) is 17.5. The number of carboxylic acids is 1. The van der Waals surface area contributed by atoms with Crippen molar-refractivity contribution in [1.82, 2.24) is 20.8 Å². The number of carboxylic acid groups (broad SMARTS) is 1. The van der Waals surface area contributed by atoms with Crippen LogP contribution in [0.3, 0.4) is 0 Å². The molecule has 21 heavy (non-hydrogen) atoms. The number of amides is 2. The van der Waals surface area contributed by atoms with Gasteiger partial charge in [-0.2, -0.15) is 4.98 Å². The van der Waals surface area contributed by atoms with E-state index in [2.05, 4.69) is 20.8 Å². The Morgan fingerprint density at radius 3 is 2.67 bits per heavy atom. The highest BCUT2D eigenvalue weighted by molar-refractivity contribution is 5.83. The van der Waals surface area contributed by atoms with Crippen LogP contribution in [0.25, 0.3) is 0 Å². The first kappa shape index (κ1) is 14.5. The molecule has 2 aromatic rings. The van der Waals surface area contributed by atoms with Gasteiger partial charge < -0.3 is 20.3 Å². The number of nitrogens with zero attached hydrogens (tertiary/aromatic N) is 2. The summed E-state index contributed by atoms with van der Waals surface area (Å²) in [7, 11) is 0. The molecule has 0 unspecified atom stereocenters. The molecule has 1 aromatic carbocycles. The van der Waals surface area contributed by atoms with Gasteiger partial charge in [-0.25, -0.2) is 9.59 Å². The lowest BCUT2D eigenvalue weighted by atomic mass is 10.1. The average molecular weight is 290 g/mol. The van der Waals surface area contributed by atoms with E-state index in [1.165, 1.54) is 6.33 Å². The summed E-state index contributed by atoms with van der Waals surface area (Å²) in [6, 6.07) is 6.78. The van der Waals surface area contributed by atoms with Crippen molar-refractivity contribution in [3.8, 4) is 0 Å². The molecule has 2 rings (SSSR count). The third kappa shape index (κ3) is 4.30. The molecule has 110 valence electrons. The lowest BCUT2D eigenvalue weighted by molar-refractivity contribution is -0.139. The molecule has 0 aliphatic carbocycles. The SMILES string of the molecule is O=C(NCCc1ncno1)N[C@@H](C(=O)O)c1ccccc1. The van der Waals surface area contributed by atoms with E-state index < -0.39 is 18.0 Å². The molecule has 0 fully saturated rings. The zero-order chi connectivity index (χ0) is 15.1. The van der Waals surface area contributed by atoms with Crippen LogP contribution in [-0.2, 0) is 11.2 Å². The Labute approximate surface area is 120 Å². The van der Waals surface area contributed by atoms with Gasteiger partial charge in [0.15, 0.2) is 12.4 Å².